The number of carbonyl (C=O) groups is 1. The van der Waals surface area contributed by atoms with Crippen LogP contribution in [0.25, 0.3) is 6.08 Å². The molecule has 1 rings (SSSR count). The maximum Gasteiger partial charge on any atom is 0.408 e. The van der Waals surface area contributed by atoms with Crippen LogP contribution in [-0.4, -0.2) is 5.43 Å². The second-order valence-corrected chi connectivity index (χ2v) is 2.38. The van der Waals surface area contributed by atoms with Crippen molar-refractivity contribution in [2.75, 3.05) is 0 Å². The highest BCUT2D eigenvalue weighted by atomic mass is 35.5. The summed E-state index contributed by atoms with van der Waals surface area (Å²) in [5.41, 5.74) is 0.123. The molecule has 3 heteroatoms. The fourth-order valence-electron chi connectivity index (χ4n) is 0.730. The molecular formula is C9H7ClO2. The molecule has 0 aliphatic carbocycles. The van der Waals surface area contributed by atoms with Crippen LogP contribution in [0.2, 0.25) is 0 Å². The summed E-state index contributed by atoms with van der Waals surface area (Å²) in [5, 5.41) is 0. The first kappa shape index (κ1) is 8.81. The minimum absolute atomic E-state index is 0.831. The number of halogens is 1. The second-order valence-electron chi connectivity index (χ2n) is 2.07. The van der Waals surface area contributed by atoms with Gasteiger partial charge in [0.1, 0.15) is 0 Å². The van der Waals surface area contributed by atoms with E-state index in [1.807, 2.05) is 30.3 Å². The van der Waals surface area contributed by atoms with E-state index in [0.29, 0.717) is 0 Å². The molecule has 12 heavy (non-hydrogen) atoms. The molecule has 0 aliphatic rings. The Labute approximate surface area is 75.4 Å². The molecule has 0 fully saturated rings. The minimum Gasteiger partial charge on any atom is -0.422 e. The Balaban J connectivity index is 2.52. The van der Waals surface area contributed by atoms with Crippen LogP contribution in [0, 0.1) is 0 Å². The molecule has 62 valence electrons. The van der Waals surface area contributed by atoms with Gasteiger partial charge in [0.15, 0.2) is 0 Å². The highest BCUT2D eigenvalue weighted by Crippen LogP contribution is 2.01. The minimum atomic E-state index is -0.831. The lowest BCUT2D eigenvalue weighted by atomic mass is 10.2. The maximum atomic E-state index is 10.1. The predicted molar refractivity (Wildman–Crippen MR) is 47.8 cm³/mol. The van der Waals surface area contributed by atoms with Crippen molar-refractivity contribution >= 4 is 23.1 Å². The Bertz CT molecular complexity index is 280. The number of ether oxygens (including phenoxy) is 1. The molecule has 0 amide bonds. The standard InChI is InChI=1S/C9H7ClO2/c10-9(11)12-7-6-8-4-2-1-3-5-8/h1-7H. The highest BCUT2D eigenvalue weighted by molar-refractivity contribution is 6.61. The molecule has 0 bridgehead atoms. The lowest BCUT2D eigenvalue weighted by molar-refractivity contribution is 0.213. The van der Waals surface area contributed by atoms with Gasteiger partial charge in [0.25, 0.3) is 0 Å². The van der Waals surface area contributed by atoms with Crippen molar-refractivity contribution in [1.29, 1.82) is 0 Å². The van der Waals surface area contributed by atoms with E-state index in [4.69, 9.17) is 11.6 Å². The van der Waals surface area contributed by atoms with E-state index in [1.54, 1.807) is 6.08 Å². The van der Waals surface area contributed by atoms with Crippen molar-refractivity contribution < 1.29 is 9.53 Å². The second kappa shape index (κ2) is 4.57. The molecule has 0 saturated carbocycles. The van der Waals surface area contributed by atoms with Gasteiger partial charge in [0.2, 0.25) is 0 Å². The zero-order valence-electron chi connectivity index (χ0n) is 6.24. The average Bonchev–Trinajstić information content (AvgIpc) is 2.05. The molecule has 0 aliphatic heterocycles. The number of benzene rings is 1. The third kappa shape index (κ3) is 3.21. The van der Waals surface area contributed by atoms with E-state index in [-0.39, 0.29) is 0 Å². The maximum absolute atomic E-state index is 10.1. The quantitative estimate of drug-likeness (QED) is 0.519. The summed E-state index contributed by atoms with van der Waals surface area (Å²) in [6.07, 6.45) is 2.91. The Morgan fingerprint density at radius 2 is 2.00 bits per heavy atom. The summed E-state index contributed by atoms with van der Waals surface area (Å²) < 4.78 is 4.39. The molecule has 0 heterocycles. The number of hydrogen-bond acceptors (Lipinski definition) is 2. The Morgan fingerprint density at radius 1 is 1.33 bits per heavy atom. The summed E-state index contributed by atoms with van der Waals surface area (Å²) in [6, 6.07) is 9.46. The predicted octanol–water partition coefficient (Wildman–Crippen LogP) is 3.03. The van der Waals surface area contributed by atoms with Crippen molar-refractivity contribution in [3.63, 3.8) is 0 Å². The number of rotatable bonds is 2. The first-order chi connectivity index (χ1) is 5.79. The van der Waals surface area contributed by atoms with Crippen LogP contribution < -0.4 is 0 Å². The van der Waals surface area contributed by atoms with Gasteiger partial charge in [0.05, 0.1) is 6.26 Å². The smallest absolute Gasteiger partial charge is 0.408 e. The van der Waals surface area contributed by atoms with Crippen molar-refractivity contribution in [3.05, 3.63) is 42.2 Å². The zero-order valence-corrected chi connectivity index (χ0v) is 6.99. The molecule has 0 saturated heterocycles. The largest absolute Gasteiger partial charge is 0.422 e. The molecule has 1 aromatic carbocycles. The van der Waals surface area contributed by atoms with E-state index in [0.717, 1.165) is 5.56 Å². The van der Waals surface area contributed by atoms with E-state index in [1.165, 1.54) is 6.26 Å². The number of carbonyl (C=O) groups excluding carboxylic acids is 1. The SMILES string of the molecule is O=C(Cl)OC=Cc1ccccc1. The topological polar surface area (TPSA) is 26.3 Å². The van der Waals surface area contributed by atoms with Crippen LogP contribution in [0.3, 0.4) is 0 Å². The first-order valence-electron chi connectivity index (χ1n) is 3.37. The molecular weight excluding hydrogens is 176 g/mol. The van der Waals surface area contributed by atoms with Crippen molar-refractivity contribution in [1.82, 2.24) is 0 Å². The lowest BCUT2D eigenvalue weighted by Crippen LogP contribution is -1.81. The fourth-order valence-corrected chi connectivity index (χ4v) is 0.782. The van der Waals surface area contributed by atoms with Gasteiger partial charge in [-0.05, 0) is 11.6 Å². The van der Waals surface area contributed by atoms with Gasteiger partial charge in [-0.2, -0.15) is 0 Å². The van der Waals surface area contributed by atoms with Gasteiger partial charge in [-0.3, -0.25) is 0 Å². The zero-order chi connectivity index (χ0) is 8.81. The summed E-state index contributed by atoms with van der Waals surface area (Å²) in [4.78, 5) is 10.1. The molecule has 0 aromatic heterocycles. The van der Waals surface area contributed by atoms with Gasteiger partial charge in [-0.25, -0.2) is 4.79 Å². The van der Waals surface area contributed by atoms with E-state index < -0.39 is 5.43 Å². The molecule has 0 atom stereocenters. The van der Waals surface area contributed by atoms with E-state index >= 15 is 0 Å². The molecule has 0 N–H and O–H groups in total. The van der Waals surface area contributed by atoms with E-state index in [9.17, 15) is 4.79 Å². The summed E-state index contributed by atoms with van der Waals surface area (Å²) in [7, 11) is 0. The monoisotopic (exact) mass is 182 g/mol. The first-order valence-corrected chi connectivity index (χ1v) is 3.74. The van der Waals surface area contributed by atoms with Crippen LogP contribution in [0.15, 0.2) is 36.6 Å². The van der Waals surface area contributed by atoms with Crippen molar-refractivity contribution in [3.8, 4) is 0 Å². The summed E-state index contributed by atoms with van der Waals surface area (Å²) in [5.74, 6) is 0. The third-order valence-electron chi connectivity index (χ3n) is 1.22. The third-order valence-corrected chi connectivity index (χ3v) is 1.31. The van der Waals surface area contributed by atoms with Gasteiger partial charge >= 0.3 is 5.43 Å². The van der Waals surface area contributed by atoms with Crippen LogP contribution >= 0.6 is 11.6 Å². The Kier molecular flexibility index (Phi) is 3.35. The van der Waals surface area contributed by atoms with Gasteiger partial charge in [-0.1, -0.05) is 30.3 Å². The van der Waals surface area contributed by atoms with Gasteiger partial charge < -0.3 is 4.74 Å². The van der Waals surface area contributed by atoms with Gasteiger partial charge in [-0.15, -0.1) is 0 Å². The fraction of sp³-hybridized carbons (Fsp3) is 0. The highest BCUT2D eigenvalue weighted by Gasteiger charge is 1.88. The summed E-state index contributed by atoms with van der Waals surface area (Å²) in [6.45, 7) is 0. The molecule has 0 radical (unpaired) electrons. The van der Waals surface area contributed by atoms with Crippen molar-refractivity contribution in [2.45, 2.75) is 0 Å². The van der Waals surface area contributed by atoms with Crippen LogP contribution in [-0.2, 0) is 4.74 Å². The average molecular weight is 183 g/mol. The Morgan fingerprint density at radius 3 is 2.58 bits per heavy atom. The molecule has 1 aromatic rings. The molecule has 2 nitrogen and oxygen atoms in total. The normalized spacial score (nSPS) is 10.1. The van der Waals surface area contributed by atoms with Crippen molar-refractivity contribution in [2.24, 2.45) is 0 Å². The van der Waals surface area contributed by atoms with Crippen LogP contribution in [0.5, 0.6) is 0 Å². The van der Waals surface area contributed by atoms with Gasteiger partial charge in [0, 0.05) is 11.6 Å². The van der Waals surface area contributed by atoms with E-state index in [2.05, 4.69) is 4.74 Å². The summed E-state index contributed by atoms with van der Waals surface area (Å²) >= 11 is 4.93. The molecule has 0 unspecified atom stereocenters. The van der Waals surface area contributed by atoms with Crippen LogP contribution in [0.1, 0.15) is 5.56 Å². The Hall–Kier alpha value is -1.28. The number of hydrogen-bond donors (Lipinski definition) is 0. The molecule has 0 spiro atoms. The van der Waals surface area contributed by atoms with Crippen LogP contribution in [0.4, 0.5) is 4.79 Å². The lowest BCUT2D eigenvalue weighted by Gasteiger charge is -1.90.